The summed E-state index contributed by atoms with van der Waals surface area (Å²) in [6.45, 7) is 6.73. The Balaban J connectivity index is 1.86. The van der Waals surface area contributed by atoms with Crippen molar-refractivity contribution in [2.75, 3.05) is 5.32 Å². The minimum Gasteiger partial charge on any atom is -0.326 e. The third kappa shape index (κ3) is 1.48. The Morgan fingerprint density at radius 2 is 1.85 bits per heavy atom. The lowest BCUT2D eigenvalue weighted by Crippen LogP contribution is -2.68. The van der Waals surface area contributed by atoms with Crippen LogP contribution in [0, 0.1) is 16.2 Å². The molecule has 0 aliphatic heterocycles. The average molecular weight is 357 g/mol. The molecule has 0 heterocycles. The molecule has 4 heteroatoms. The third-order valence-electron chi connectivity index (χ3n) is 6.08. The van der Waals surface area contributed by atoms with Gasteiger partial charge in [0, 0.05) is 15.5 Å². The number of amides is 1. The van der Waals surface area contributed by atoms with Crippen LogP contribution in [0.25, 0.3) is 0 Å². The van der Waals surface area contributed by atoms with Crippen molar-refractivity contribution in [3.63, 3.8) is 0 Å². The van der Waals surface area contributed by atoms with Gasteiger partial charge in [0.05, 0.1) is 5.41 Å². The molecule has 0 aromatic heterocycles. The summed E-state index contributed by atoms with van der Waals surface area (Å²) < 4.78 is 0. The number of halogens is 2. The average Bonchev–Trinajstić information content (AvgIpc) is 2.80. The van der Waals surface area contributed by atoms with E-state index in [1.807, 2.05) is 12.1 Å². The monoisotopic (exact) mass is 355 g/mol. The quantitative estimate of drug-likeness (QED) is 0.753. The van der Waals surface area contributed by atoms with Crippen molar-refractivity contribution < 1.29 is 4.79 Å². The molecule has 3 aliphatic rings. The number of hydrogen-bond acceptors (Lipinski definition) is 1. The molecule has 1 N–H and O–H groups in total. The SMILES string of the molecule is CC1(C)[C@]2(C)CC[C@@]1(C(=O)Nc1ccc(Cl)cc1)[C@@H]2Br. The van der Waals surface area contributed by atoms with E-state index in [1.54, 1.807) is 12.1 Å². The zero-order valence-corrected chi connectivity index (χ0v) is 14.3. The lowest BCUT2D eigenvalue weighted by atomic mass is 9.43. The second kappa shape index (κ2) is 4.23. The van der Waals surface area contributed by atoms with Gasteiger partial charge in [-0.1, -0.05) is 48.3 Å². The summed E-state index contributed by atoms with van der Waals surface area (Å²) in [6, 6.07) is 7.29. The van der Waals surface area contributed by atoms with Gasteiger partial charge in [0.2, 0.25) is 5.91 Å². The van der Waals surface area contributed by atoms with E-state index >= 15 is 0 Å². The van der Waals surface area contributed by atoms with Gasteiger partial charge in [-0.25, -0.2) is 0 Å². The molecule has 2 bridgehead atoms. The first kappa shape index (κ1) is 14.4. The molecule has 0 radical (unpaired) electrons. The number of nitrogens with one attached hydrogen (secondary N) is 1. The van der Waals surface area contributed by atoms with Crippen molar-refractivity contribution >= 4 is 39.1 Å². The third-order valence-corrected chi connectivity index (χ3v) is 8.13. The van der Waals surface area contributed by atoms with Crippen molar-refractivity contribution in [1.82, 2.24) is 0 Å². The van der Waals surface area contributed by atoms with Gasteiger partial charge in [0.15, 0.2) is 0 Å². The smallest absolute Gasteiger partial charge is 0.232 e. The van der Waals surface area contributed by atoms with E-state index in [4.69, 9.17) is 11.6 Å². The van der Waals surface area contributed by atoms with Gasteiger partial charge in [0.1, 0.15) is 0 Å². The van der Waals surface area contributed by atoms with Crippen molar-refractivity contribution in [3.05, 3.63) is 29.3 Å². The molecule has 0 spiro atoms. The number of fused-ring (bicyclic) bond motifs is 1. The highest BCUT2D eigenvalue weighted by Crippen LogP contribution is 2.79. The molecule has 4 rings (SSSR count). The maximum atomic E-state index is 12.9. The molecule has 3 fully saturated rings. The van der Waals surface area contributed by atoms with Gasteiger partial charge in [0.25, 0.3) is 0 Å². The standard InChI is InChI=1S/C16H19BrClNO/c1-14(2)15(3)8-9-16(14,12(15)17)13(20)19-11-6-4-10(18)5-7-11/h4-7,12H,8-9H2,1-3H3,(H,19,20)/t12-,15-,16+/m1/s1. The van der Waals surface area contributed by atoms with E-state index in [2.05, 4.69) is 42.0 Å². The topological polar surface area (TPSA) is 29.1 Å². The van der Waals surface area contributed by atoms with Crippen molar-refractivity contribution in [2.45, 2.75) is 38.4 Å². The van der Waals surface area contributed by atoms with Crippen molar-refractivity contribution in [1.29, 1.82) is 0 Å². The summed E-state index contributed by atoms with van der Waals surface area (Å²) in [5, 5.41) is 3.74. The Morgan fingerprint density at radius 3 is 2.30 bits per heavy atom. The van der Waals surface area contributed by atoms with Crippen LogP contribution in [0.4, 0.5) is 5.69 Å². The Bertz CT molecular complexity index is 570. The van der Waals surface area contributed by atoms with E-state index < -0.39 is 0 Å². The molecular weight excluding hydrogens is 338 g/mol. The van der Waals surface area contributed by atoms with Gasteiger partial charge < -0.3 is 5.32 Å². The molecule has 1 aromatic carbocycles. The Hall–Kier alpha value is -0.540. The Morgan fingerprint density at radius 1 is 1.25 bits per heavy atom. The molecule has 2 nitrogen and oxygen atoms in total. The molecule has 20 heavy (non-hydrogen) atoms. The Kier molecular flexibility index (Phi) is 3.05. The number of carbonyl (C=O) groups excluding carboxylic acids is 1. The lowest BCUT2D eigenvalue weighted by molar-refractivity contribution is -0.155. The summed E-state index contributed by atoms with van der Waals surface area (Å²) in [6.07, 6.45) is 2.05. The van der Waals surface area contributed by atoms with Crippen LogP contribution in [-0.4, -0.2) is 10.7 Å². The van der Waals surface area contributed by atoms with Crippen LogP contribution in [0.5, 0.6) is 0 Å². The number of carbonyl (C=O) groups is 1. The zero-order chi connectivity index (χ0) is 14.8. The lowest BCUT2D eigenvalue weighted by Gasteiger charge is -2.64. The van der Waals surface area contributed by atoms with E-state index in [-0.39, 0.29) is 27.0 Å². The fourth-order valence-corrected chi connectivity index (χ4v) is 6.17. The number of hydrogen-bond donors (Lipinski definition) is 1. The van der Waals surface area contributed by atoms with Crippen LogP contribution in [0.1, 0.15) is 33.6 Å². The number of anilines is 1. The minimum absolute atomic E-state index is 0.0185. The van der Waals surface area contributed by atoms with E-state index in [0.717, 1.165) is 18.5 Å². The molecule has 0 unspecified atom stereocenters. The van der Waals surface area contributed by atoms with E-state index in [1.165, 1.54) is 0 Å². The maximum Gasteiger partial charge on any atom is 0.232 e. The summed E-state index contributed by atoms with van der Waals surface area (Å²) in [5.41, 5.74) is 0.737. The first-order chi connectivity index (χ1) is 9.25. The fraction of sp³-hybridized carbons (Fsp3) is 0.562. The highest BCUT2D eigenvalue weighted by molar-refractivity contribution is 9.09. The highest BCUT2D eigenvalue weighted by Gasteiger charge is 2.80. The van der Waals surface area contributed by atoms with Crippen molar-refractivity contribution in [3.8, 4) is 0 Å². The molecule has 1 amide bonds. The van der Waals surface area contributed by atoms with Crippen LogP contribution in [0.2, 0.25) is 5.02 Å². The largest absolute Gasteiger partial charge is 0.326 e. The normalized spacial score (nSPS) is 37.4. The predicted molar refractivity (Wildman–Crippen MR) is 86.4 cm³/mol. The summed E-state index contributed by atoms with van der Waals surface area (Å²) in [5.74, 6) is 0.127. The summed E-state index contributed by atoms with van der Waals surface area (Å²) in [7, 11) is 0. The molecule has 3 atom stereocenters. The van der Waals surface area contributed by atoms with E-state index in [9.17, 15) is 4.79 Å². The van der Waals surface area contributed by atoms with E-state index in [0.29, 0.717) is 5.02 Å². The van der Waals surface area contributed by atoms with Gasteiger partial charge in [-0.3, -0.25) is 4.79 Å². The molecule has 3 saturated carbocycles. The summed E-state index contributed by atoms with van der Waals surface area (Å²) in [4.78, 5) is 13.1. The number of alkyl halides is 1. The Labute approximate surface area is 133 Å². The zero-order valence-electron chi connectivity index (χ0n) is 12.0. The molecule has 0 saturated heterocycles. The van der Waals surface area contributed by atoms with Crippen LogP contribution in [0.3, 0.4) is 0 Å². The van der Waals surface area contributed by atoms with Gasteiger partial charge in [-0.15, -0.1) is 0 Å². The van der Waals surface area contributed by atoms with Crippen LogP contribution in [0.15, 0.2) is 24.3 Å². The first-order valence-electron chi connectivity index (χ1n) is 6.97. The second-order valence-corrected chi connectivity index (χ2v) is 8.19. The maximum absolute atomic E-state index is 12.9. The fourth-order valence-electron chi connectivity index (χ4n) is 4.23. The van der Waals surface area contributed by atoms with Gasteiger partial charge in [-0.05, 0) is 47.9 Å². The highest BCUT2D eigenvalue weighted by atomic mass is 79.9. The van der Waals surface area contributed by atoms with Gasteiger partial charge in [-0.2, -0.15) is 0 Å². The van der Waals surface area contributed by atoms with Crippen LogP contribution >= 0.6 is 27.5 Å². The molecular formula is C16H19BrClNO. The first-order valence-corrected chi connectivity index (χ1v) is 8.26. The predicted octanol–water partition coefficient (Wildman–Crippen LogP) is 4.87. The molecule has 108 valence electrons. The second-order valence-electron chi connectivity index (χ2n) is 6.84. The van der Waals surface area contributed by atoms with Gasteiger partial charge >= 0.3 is 0 Å². The molecule has 3 aliphatic carbocycles. The van der Waals surface area contributed by atoms with Crippen molar-refractivity contribution in [2.24, 2.45) is 16.2 Å². The summed E-state index contributed by atoms with van der Waals surface area (Å²) >= 11 is 9.66. The number of benzene rings is 1. The minimum atomic E-state index is -0.304. The molecule has 1 aromatic rings. The van der Waals surface area contributed by atoms with Crippen LogP contribution < -0.4 is 5.32 Å². The number of rotatable bonds is 2. The van der Waals surface area contributed by atoms with Crippen LogP contribution in [-0.2, 0) is 4.79 Å².